The third-order valence-corrected chi connectivity index (χ3v) is 5.56. The summed E-state index contributed by atoms with van der Waals surface area (Å²) in [6.07, 6.45) is 1.40. The third kappa shape index (κ3) is 4.05. The van der Waals surface area contributed by atoms with Gasteiger partial charge in [0.05, 0.1) is 11.0 Å². The van der Waals surface area contributed by atoms with Gasteiger partial charge in [-0.15, -0.1) is 0 Å². The van der Waals surface area contributed by atoms with Crippen molar-refractivity contribution in [3.05, 3.63) is 29.3 Å². The largest absolute Gasteiger partial charge is 0.391 e. The molecule has 0 radical (unpaired) electrons. The van der Waals surface area contributed by atoms with Crippen LogP contribution in [0.2, 0.25) is 0 Å². The molecule has 2 N–H and O–H groups in total. The zero-order valence-corrected chi connectivity index (χ0v) is 14.0. The molecule has 0 heterocycles. The van der Waals surface area contributed by atoms with Gasteiger partial charge in [-0.05, 0) is 48.3 Å². The molecule has 0 amide bonds. The topological polar surface area (TPSA) is 66.4 Å². The molecule has 1 aromatic carbocycles. The number of aliphatic hydroxyl groups is 1. The predicted molar refractivity (Wildman–Crippen MR) is 83.8 cm³/mol. The fraction of sp³-hybridized carbons (Fsp3) is 0.625. The van der Waals surface area contributed by atoms with Crippen molar-refractivity contribution in [2.24, 2.45) is 5.92 Å². The predicted octanol–water partition coefficient (Wildman–Crippen LogP) is 2.34. The van der Waals surface area contributed by atoms with E-state index in [1.165, 1.54) is 0 Å². The minimum Gasteiger partial charge on any atom is -0.391 e. The van der Waals surface area contributed by atoms with Crippen molar-refractivity contribution in [2.45, 2.75) is 57.0 Å². The van der Waals surface area contributed by atoms with E-state index in [1.807, 2.05) is 12.1 Å². The van der Waals surface area contributed by atoms with Crippen LogP contribution < -0.4 is 4.72 Å². The Kier molecular flexibility index (Phi) is 4.47. The van der Waals surface area contributed by atoms with Gasteiger partial charge in [0.1, 0.15) is 0 Å². The van der Waals surface area contributed by atoms with E-state index in [1.54, 1.807) is 13.0 Å². The van der Waals surface area contributed by atoms with Gasteiger partial charge in [0, 0.05) is 6.54 Å². The van der Waals surface area contributed by atoms with Gasteiger partial charge in [-0.3, -0.25) is 0 Å². The number of hydrogen-bond donors (Lipinski definition) is 2. The summed E-state index contributed by atoms with van der Waals surface area (Å²) in [4.78, 5) is 0.304. The van der Waals surface area contributed by atoms with Crippen LogP contribution in [0, 0.1) is 12.8 Å². The van der Waals surface area contributed by atoms with Crippen LogP contribution in [0.4, 0.5) is 0 Å². The van der Waals surface area contributed by atoms with Crippen LogP contribution in [-0.4, -0.2) is 26.2 Å². The Morgan fingerprint density at radius 2 is 1.95 bits per heavy atom. The van der Waals surface area contributed by atoms with Crippen molar-refractivity contribution in [1.29, 1.82) is 0 Å². The minimum atomic E-state index is -3.58. The van der Waals surface area contributed by atoms with Crippen molar-refractivity contribution in [3.8, 4) is 0 Å². The second-order valence-corrected chi connectivity index (χ2v) is 8.72. The molecule has 1 atom stereocenters. The molecule has 0 spiro atoms. The molecule has 0 saturated heterocycles. The quantitative estimate of drug-likeness (QED) is 0.877. The molecule has 1 aliphatic rings. The van der Waals surface area contributed by atoms with Crippen molar-refractivity contribution >= 4 is 10.0 Å². The maximum Gasteiger partial charge on any atom is 0.240 e. The first-order valence-electron chi connectivity index (χ1n) is 7.40. The Bertz CT molecular complexity index is 613. The molecule has 0 bridgehead atoms. The van der Waals surface area contributed by atoms with Gasteiger partial charge in [0.25, 0.3) is 0 Å². The summed E-state index contributed by atoms with van der Waals surface area (Å²) >= 11 is 0. The van der Waals surface area contributed by atoms with Crippen LogP contribution in [-0.2, 0) is 15.4 Å². The van der Waals surface area contributed by atoms with Crippen LogP contribution >= 0.6 is 0 Å². The second-order valence-electron chi connectivity index (χ2n) is 6.99. The number of nitrogens with one attached hydrogen (secondary N) is 1. The summed E-state index contributed by atoms with van der Waals surface area (Å²) in [5, 5.41) is 9.83. The Hall–Kier alpha value is -0.910. The van der Waals surface area contributed by atoms with E-state index in [2.05, 4.69) is 25.5 Å². The number of benzene rings is 1. The Labute approximate surface area is 127 Å². The summed E-state index contributed by atoms with van der Waals surface area (Å²) in [5.74, 6) is 0.259. The van der Waals surface area contributed by atoms with Gasteiger partial charge >= 0.3 is 0 Å². The molecule has 5 heteroatoms. The van der Waals surface area contributed by atoms with Crippen LogP contribution in [0.15, 0.2) is 23.1 Å². The first-order valence-corrected chi connectivity index (χ1v) is 8.88. The van der Waals surface area contributed by atoms with E-state index < -0.39 is 16.1 Å². The van der Waals surface area contributed by atoms with Crippen LogP contribution in [0.25, 0.3) is 0 Å². The summed E-state index contributed by atoms with van der Waals surface area (Å²) in [5.41, 5.74) is 1.60. The standard InChI is InChI=1S/C16H25NO3S/c1-11-5-8-13(16(2,3)4)9-15(11)21(19,20)17-10-14(18)12-6-7-12/h5,8-9,12,14,17-18H,6-7,10H2,1-4H3. The Morgan fingerprint density at radius 3 is 2.48 bits per heavy atom. The summed E-state index contributed by atoms with van der Waals surface area (Å²) in [6.45, 7) is 8.04. The highest BCUT2D eigenvalue weighted by Gasteiger charge is 2.31. The smallest absolute Gasteiger partial charge is 0.240 e. The van der Waals surface area contributed by atoms with Crippen molar-refractivity contribution < 1.29 is 13.5 Å². The van der Waals surface area contributed by atoms with E-state index in [-0.39, 0.29) is 17.9 Å². The third-order valence-electron chi connectivity index (χ3n) is 3.99. The van der Waals surface area contributed by atoms with E-state index in [0.717, 1.165) is 24.0 Å². The molecular formula is C16H25NO3S. The van der Waals surface area contributed by atoms with Crippen LogP contribution in [0.3, 0.4) is 0 Å². The highest BCUT2D eigenvalue weighted by Crippen LogP contribution is 2.32. The van der Waals surface area contributed by atoms with E-state index in [0.29, 0.717) is 4.90 Å². The summed E-state index contributed by atoms with van der Waals surface area (Å²) in [7, 11) is -3.58. The van der Waals surface area contributed by atoms with E-state index in [9.17, 15) is 13.5 Å². The maximum absolute atomic E-state index is 12.5. The van der Waals surface area contributed by atoms with E-state index in [4.69, 9.17) is 0 Å². The molecule has 1 saturated carbocycles. The first-order chi connectivity index (χ1) is 9.61. The molecule has 0 aliphatic heterocycles. The average Bonchev–Trinajstić information content (AvgIpc) is 3.19. The lowest BCUT2D eigenvalue weighted by molar-refractivity contribution is 0.155. The molecule has 21 heavy (non-hydrogen) atoms. The van der Waals surface area contributed by atoms with Gasteiger partial charge < -0.3 is 5.11 Å². The number of aryl methyl sites for hydroxylation is 1. The second kappa shape index (κ2) is 5.71. The van der Waals surface area contributed by atoms with Gasteiger partial charge in [-0.1, -0.05) is 32.9 Å². The highest BCUT2D eigenvalue weighted by atomic mass is 32.2. The maximum atomic E-state index is 12.5. The van der Waals surface area contributed by atoms with Gasteiger partial charge in [0.2, 0.25) is 10.0 Å². The molecule has 0 aromatic heterocycles. The van der Waals surface area contributed by atoms with Crippen LogP contribution in [0.5, 0.6) is 0 Å². The molecule has 2 rings (SSSR count). The lowest BCUT2D eigenvalue weighted by Gasteiger charge is -2.21. The SMILES string of the molecule is Cc1ccc(C(C)(C)C)cc1S(=O)(=O)NCC(O)C1CC1. The normalized spacial score (nSPS) is 17.8. The number of rotatable bonds is 5. The zero-order chi connectivity index (χ0) is 15.8. The molecule has 4 nitrogen and oxygen atoms in total. The molecule has 1 aromatic rings. The molecule has 1 unspecified atom stereocenters. The van der Waals surface area contributed by atoms with Crippen LogP contribution in [0.1, 0.15) is 44.7 Å². The highest BCUT2D eigenvalue weighted by molar-refractivity contribution is 7.89. The number of hydrogen-bond acceptors (Lipinski definition) is 3. The van der Waals surface area contributed by atoms with E-state index >= 15 is 0 Å². The Morgan fingerprint density at radius 1 is 1.33 bits per heavy atom. The molecular weight excluding hydrogens is 286 g/mol. The van der Waals surface area contributed by atoms with Gasteiger partial charge in [-0.25, -0.2) is 13.1 Å². The minimum absolute atomic E-state index is 0.0895. The number of aliphatic hydroxyl groups excluding tert-OH is 1. The summed E-state index contributed by atoms with van der Waals surface area (Å²) in [6, 6.07) is 5.54. The Balaban J connectivity index is 2.22. The number of sulfonamides is 1. The molecule has 118 valence electrons. The lowest BCUT2D eigenvalue weighted by Crippen LogP contribution is -2.33. The van der Waals surface area contributed by atoms with Crippen molar-refractivity contribution in [2.75, 3.05) is 6.54 Å². The van der Waals surface area contributed by atoms with Crippen molar-refractivity contribution in [3.63, 3.8) is 0 Å². The average molecular weight is 311 g/mol. The fourth-order valence-electron chi connectivity index (χ4n) is 2.28. The summed E-state index contributed by atoms with van der Waals surface area (Å²) < 4.78 is 27.5. The fourth-order valence-corrected chi connectivity index (χ4v) is 3.60. The van der Waals surface area contributed by atoms with Gasteiger partial charge in [-0.2, -0.15) is 0 Å². The van der Waals surface area contributed by atoms with Crippen molar-refractivity contribution in [1.82, 2.24) is 4.72 Å². The zero-order valence-electron chi connectivity index (χ0n) is 13.2. The first kappa shape index (κ1) is 16.5. The monoisotopic (exact) mass is 311 g/mol. The lowest BCUT2D eigenvalue weighted by atomic mass is 9.87. The molecule has 1 aliphatic carbocycles. The van der Waals surface area contributed by atoms with Gasteiger partial charge in [0.15, 0.2) is 0 Å². The molecule has 1 fully saturated rings.